The van der Waals surface area contributed by atoms with Gasteiger partial charge in [0.1, 0.15) is 17.2 Å². The topological polar surface area (TPSA) is 98.6 Å². The van der Waals surface area contributed by atoms with E-state index in [1.54, 1.807) is 18.2 Å². The number of fused-ring (bicyclic) bond motifs is 3. The number of morpholine rings is 1. The fourth-order valence-electron chi connectivity index (χ4n) is 4.21. The van der Waals surface area contributed by atoms with Crippen LogP contribution in [0.1, 0.15) is 41.5 Å². The summed E-state index contributed by atoms with van der Waals surface area (Å²) in [4.78, 5) is 27.2. The van der Waals surface area contributed by atoms with Crippen LogP contribution in [0.5, 0.6) is 0 Å². The second kappa shape index (κ2) is 7.87. The summed E-state index contributed by atoms with van der Waals surface area (Å²) in [7, 11) is 0. The molecule has 0 aliphatic carbocycles. The Balaban J connectivity index is 1.58. The maximum absolute atomic E-state index is 15.2. The molecule has 0 spiro atoms. The number of nitrogen functional groups attached to an aromatic ring is 1. The molecule has 1 aliphatic rings. The number of nitrogens with two attached hydrogens (primary N) is 1. The first-order chi connectivity index (χ1) is 16.4. The molecule has 0 saturated carbocycles. The van der Waals surface area contributed by atoms with Crippen LogP contribution in [0, 0.1) is 5.82 Å². The summed E-state index contributed by atoms with van der Waals surface area (Å²) in [5.41, 5.74) is 5.39. The van der Waals surface area contributed by atoms with E-state index in [9.17, 15) is 18.0 Å². The van der Waals surface area contributed by atoms with Crippen molar-refractivity contribution in [1.29, 1.82) is 0 Å². The van der Waals surface area contributed by atoms with Gasteiger partial charge < -0.3 is 15.4 Å². The van der Waals surface area contributed by atoms with Gasteiger partial charge in [0.15, 0.2) is 0 Å². The highest BCUT2D eigenvalue weighted by Gasteiger charge is 2.40. The number of rotatable bonds is 2. The SMILES string of the molecule is CC1(C)CN(C(=O)c2cc3c(cc2F)nc(N)c2cncn23)C(c2ccc(C(F)(F)F)cn2)CO1. The number of nitrogens with zero attached hydrogens (tertiary/aromatic N) is 5. The number of halogens is 4. The van der Waals surface area contributed by atoms with E-state index >= 15 is 4.39 Å². The number of carbonyl (C=O) groups is 1. The van der Waals surface area contributed by atoms with E-state index < -0.39 is 35.1 Å². The van der Waals surface area contributed by atoms with Gasteiger partial charge in [0.05, 0.1) is 65.2 Å². The fourth-order valence-corrected chi connectivity index (χ4v) is 4.21. The lowest BCUT2D eigenvalue weighted by Crippen LogP contribution is -2.52. The molecule has 1 atom stereocenters. The van der Waals surface area contributed by atoms with Crippen molar-refractivity contribution in [3.63, 3.8) is 0 Å². The highest BCUT2D eigenvalue weighted by Crippen LogP contribution is 2.34. The number of alkyl halides is 3. The predicted octanol–water partition coefficient (Wildman–Crippen LogP) is 4.01. The van der Waals surface area contributed by atoms with E-state index in [0.717, 1.165) is 12.1 Å². The van der Waals surface area contributed by atoms with Crippen LogP contribution >= 0.6 is 0 Å². The molecule has 2 N–H and O–H groups in total. The summed E-state index contributed by atoms with van der Waals surface area (Å²) >= 11 is 0. The van der Waals surface area contributed by atoms with Crippen LogP contribution in [-0.4, -0.2) is 48.9 Å². The molecule has 1 saturated heterocycles. The van der Waals surface area contributed by atoms with E-state index in [1.165, 1.54) is 29.6 Å². The number of pyridine rings is 1. The van der Waals surface area contributed by atoms with Crippen LogP contribution in [0.25, 0.3) is 16.6 Å². The minimum atomic E-state index is -4.55. The Morgan fingerprint density at radius 3 is 2.66 bits per heavy atom. The number of benzene rings is 1. The fraction of sp³-hybridized carbons (Fsp3) is 0.304. The largest absolute Gasteiger partial charge is 0.417 e. The maximum Gasteiger partial charge on any atom is 0.417 e. The van der Waals surface area contributed by atoms with Crippen LogP contribution in [0.4, 0.5) is 23.4 Å². The molecular formula is C23H20F4N6O2. The van der Waals surface area contributed by atoms with Crippen molar-refractivity contribution in [1.82, 2.24) is 24.3 Å². The highest BCUT2D eigenvalue weighted by atomic mass is 19.4. The molecule has 1 aliphatic heterocycles. The lowest BCUT2D eigenvalue weighted by Gasteiger charge is -2.43. The molecule has 1 fully saturated rings. The van der Waals surface area contributed by atoms with Crippen molar-refractivity contribution >= 4 is 28.3 Å². The van der Waals surface area contributed by atoms with Crippen LogP contribution in [0.3, 0.4) is 0 Å². The zero-order chi connectivity index (χ0) is 25.1. The number of anilines is 1. The van der Waals surface area contributed by atoms with Gasteiger partial charge in [0.2, 0.25) is 0 Å². The van der Waals surface area contributed by atoms with Gasteiger partial charge in [0, 0.05) is 12.3 Å². The Kier molecular flexibility index (Phi) is 5.16. The maximum atomic E-state index is 15.2. The van der Waals surface area contributed by atoms with Gasteiger partial charge in [-0.1, -0.05) is 0 Å². The van der Waals surface area contributed by atoms with Crippen LogP contribution in [0.15, 0.2) is 43.0 Å². The number of hydrogen-bond acceptors (Lipinski definition) is 6. The van der Waals surface area contributed by atoms with E-state index in [0.29, 0.717) is 17.2 Å². The zero-order valence-electron chi connectivity index (χ0n) is 18.7. The van der Waals surface area contributed by atoms with E-state index in [2.05, 4.69) is 15.0 Å². The number of aromatic nitrogens is 4. The first-order valence-corrected chi connectivity index (χ1v) is 10.6. The van der Waals surface area contributed by atoms with Gasteiger partial charge in [-0.2, -0.15) is 13.2 Å². The summed E-state index contributed by atoms with van der Waals surface area (Å²) in [6.45, 7) is 3.58. The normalized spacial score (nSPS) is 18.3. The monoisotopic (exact) mass is 488 g/mol. The van der Waals surface area contributed by atoms with Crippen molar-refractivity contribution < 1.29 is 27.1 Å². The number of ether oxygens (including phenoxy) is 1. The third-order valence-corrected chi connectivity index (χ3v) is 5.97. The second-order valence-corrected chi connectivity index (χ2v) is 8.96. The number of amides is 1. The minimum Gasteiger partial charge on any atom is -0.382 e. The van der Waals surface area contributed by atoms with Crippen LogP contribution < -0.4 is 5.73 Å². The summed E-state index contributed by atoms with van der Waals surface area (Å²) in [5.74, 6) is -1.30. The van der Waals surface area contributed by atoms with E-state index in [-0.39, 0.29) is 35.7 Å². The zero-order valence-corrected chi connectivity index (χ0v) is 18.7. The molecule has 3 aromatic heterocycles. The average molecular weight is 488 g/mol. The molecule has 5 rings (SSSR count). The van der Waals surface area contributed by atoms with Gasteiger partial charge >= 0.3 is 6.18 Å². The molecule has 4 aromatic rings. The predicted molar refractivity (Wildman–Crippen MR) is 118 cm³/mol. The minimum absolute atomic E-state index is 0.0177. The van der Waals surface area contributed by atoms with E-state index in [4.69, 9.17) is 10.5 Å². The molecule has 0 bridgehead atoms. The molecule has 1 unspecified atom stereocenters. The van der Waals surface area contributed by atoms with Crippen LogP contribution in [0.2, 0.25) is 0 Å². The average Bonchev–Trinajstić information content (AvgIpc) is 3.28. The molecule has 4 heterocycles. The van der Waals surface area contributed by atoms with Crippen molar-refractivity contribution in [3.05, 3.63) is 65.6 Å². The third kappa shape index (κ3) is 4.03. The van der Waals surface area contributed by atoms with Gasteiger partial charge in [-0.05, 0) is 32.0 Å². The van der Waals surface area contributed by atoms with Crippen LogP contribution in [-0.2, 0) is 10.9 Å². The molecule has 1 amide bonds. The van der Waals surface area contributed by atoms with Gasteiger partial charge in [-0.3, -0.25) is 14.2 Å². The standard InChI is InChI=1S/C23H20F4N6O2/c1-22(2)10-32(19(9-35-22)15-4-3-12(7-30-15)23(25,26)27)21(34)13-5-17-16(6-14(13)24)31-20(28)18-8-29-11-33(17)18/h3-8,11,19H,9-10H2,1-2H3,(H2,28,31). The first kappa shape index (κ1) is 23.0. The second-order valence-electron chi connectivity index (χ2n) is 8.96. The quantitative estimate of drug-likeness (QED) is 0.428. The van der Waals surface area contributed by atoms with Gasteiger partial charge in [-0.15, -0.1) is 0 Å². The van der Waals surface area contributed by atoms with Crippen molar-refractivity contribution in [2.75, 3.05) is 18.9 Å². The van der Waals surface area contributed by atoms with E-state index in [1.807, 2.05) is 0 Å². The smallest absolute Gasteiger partial charge is 0.382 e. The lowest BCUT2D eigenvalue weighted by atomic mass is 10.00. The van der Waals surface area contributed by atoms with Gasteiger partial charge in [-0.25, -0.2) is 14.4 Å². The lowest BCUT2D eigenvalue weighted by molar-refractivity contribution is -0.137. The highest BCUT2D eigenvalue weighted by molar-refractivity contribution is 5.98. The van der Waals surface area contributed by atoms with Gasteiger partial charge in [0.25, 0.3) is 5.91 Å². The van der Waals surface area contributed by atoms with Crippen molar-refractivity contribution in [2.45, 2.75) is 31.7 Å². The summed E-state index contributed by atoms with van der Waals surface area (Å²) in [6, 6.07) is 3.77. The molecule has 8 nitrogen and oxygen atoms in total. The number of imidazole rings is 1. The molecule has 12 heteroatoms. The Morgan fingerprint density at radius 1 is 1.20 bits per heavy atom. The number of carbonyl (C=O) groups excluding carboxylic acids is 1. The molecular weight excluding hydrogens is 468 g/mol. The Labute approximate surface area is 196 Å². The Morgan fingerprint density at radius 2 is 1.97 bits per heavy atom. The third-order valence-electron chi connectivity index (χ3n) is 5.97. The summed E-state index contributed by atoms with van der Waals surface area (Å²) in [5, 5.41) is 0. The Hall–Kier alpha value is -3.80. The number of hydrogen-bond donors (Lipinski definition) is 1. The first-order valence-electron chi connectivity index (χ1n) is 10.6. The summed E-state index contributed by atoms with van der Waals surface area (Å²) < 4.78 is 61.5. The van der Waals surface area contributed by atoms with Crippen molar-refractivity contribution in [3.8, 4) is 0 Å². The Bertz CT molecular complexity index is 1450. The summed E-state index contributed by atoms with van der Waals surface area (Å²) in [6.07, 6.45) is -0.853. The van der Waals surface area contributed by atoms with Crippen molar-refractivity contribution in [2.24, 2.45) is 0 Å². The molecule has 0 radical (unpaired) electrons. The molecule has 182 valence electrons. The molecule has 1 aromatic carbocycles. The molecule has 35 heavy (non-hydrogen) atoms.